The molecule has 9 rings (SSSR count). The summed E-state index contributed by atoms with van der Waals surface area (Å²) in [6, 6.07) is 46.2. The Balaban J connectivity index is 0.000000158. The van der Waals surface area contributed by atoms with Gasteiger partial charge in [0.2, 0.25) is 0 Å². The van der Waals surface area contributed by atoms with Crippen LogP contribution in [-0.2, 0) is 21.1 Å². The fourth-order valence-corrected chi connectivity index (χ4v) is 6.28. The number of nitrogens with one attached hydrogen (secondary N) is 1. The molecule has 0 amide bonds. The average Bonchev–Trinajstić information content (AvgIpc) is 3.63. The van der Waals surface area contributed by atoms with Crippen molar-refractivity contribution in [1.82, 2.24) is 4.98 Å². The van der Waals surface area contributed by atoms with Gasteiger partial charge in [-0.25, -0.2) is 0 Å². The van der Waals surface area contributed by atoms with Crippen LogP contribution in [0.4, 0.5) is 5.69 Å². The Morgan fingerprint density at radius 1 is 0.568 bits per heavy atom. The minimum atomic E-state index is 0. The number of nitrogens with zero attached hydrogens (tertiary/aromatic N) is 1. The fraction of sp³-hybridized carbons (Fsp3) is 0.0256. The quantitative estimate of drug-likeness (QED) is 0.173. The topological polar surface area (TPSA) is 63.3 Å². The molecule has 2 aromatic heterocycles. The van der Waals surface area contributed by atoms with Crippen molar-refractivity contribution in [3.8, 4) is 16.9 Å². The molecule has 0 saturated heterocycles. The molecule has 44 heavy (non-hydrogen) atoms. The van der Waals surface area contributed by atoms with E-state index in [2.05, 4.69) is 107 Å². The van der Waals surface area contributed by atoms with Crippen molar-refractivity contribution in [2.45, 2.75) is 0 Å². The Kier molecular flexibility index (Phi) is 7.08. The first-order valence-electron chi connectivity index (χ1n) is 14.3. The maximum atomic E-state index is 10.1. The van der Waals surface area contributed by atoms with Gasteiger partial charge in [0.05, 0.1) is 5.39 Å². The van der Waals surface area contributed by atoms with Gasteiger partial charge in [-0.15, -0.1) is 7.05 Å². The molecular weight excluding hydrogens is 712 g/mol. The van der Waals surface area contributed by atoms with Crippen molar-refractivity contribution in [3.63, 3.8) is 0 Å². The minimum absolute atomic E-state index is 0. The van der Waals surface area contributed by atoms with Crippen LogP contribution in [0, 0.1) is 0 Å². The number of hydrogen-bond acceptors (Lipinski definition) is 2. The van der Waals surface area contributed by atoms with Crippen molar-refractivity contribution in [2.75, 3.05) is 7.05 Å². The number of rotatable bonds is 2. The van der Waals surface area contributed by atoms with Crippen LogP contribution in [-0.4, -0.2) is 17.1 Å². The largest absolute Gasteiger partial charge is 0.684 e. The Morgan fingerprint density at radius 2 is 1.23 bits per heavy atom. The van der Waals surface area contributed by atoms with Gasteiger partial charge in [0.15, 0.2) is 0 Å². The number of furan rings is 1. The zero-order valence-corrected chi connectivity index (χ0v) is 26.8. The molecule has 0 saturated carbocycles. The number of benzene rings is 7. The van der Waals surface area contributed by atoms with Crippen LogP contribution < -0.4 is 0 Å². The molecule has 0 aliphatic heterocycles. The van der Waals surface area contributed by atoms with Crippen LogP contribution in [0.2, 0.25) is 0 Å². The summed E-state index contributed by atoms with van der Waals surface area (Å²) in [4.78, 5) is 3.52. The molecule has 7 aromatic carbocycles. The Morgan fingerprint density at radius 3 is 2.05 bits per heavy atom. The number of aromatic hydroxyl groups is 1. The second-order valence-corrected chi connectivity index (χ2v) is 10.8. The van der Waals surface area contributed by atoms with Gasteiger partial charge in [-0.2, -0.15) is 0 Å². The number of phenolic OH excluding ortho intramolecular Hbond substituents is 1. The molecule has 0 aliphatic rings. The molecule has 0 unspecified atom stereocenters. The predicted octanol–water partition coefficient (Wildman–Crippen LogP) is 11.2. The van der Waals surface area contributed by atoms with Crippen LogP contribution in [0.1, 0.15) is 0 Å². The fourth-order valence-electron chi connectivity index (χ4n) is 6.28. The monoisotopic (exact) mass is 739 g/mol. The van der Waals surface area contributed by atoms with E-state index in [-0.39, 0.29) is 26.8 Å². The molecule has 9 aromatic rings. The molecule has 0 aliphatic carbocycles. The van der Waals surface area contributed by atoms with Gasteiger partial charge < -0.3 is 19.8 Å². The third-order valence-electron chi connectivity index (χ3n) is 8.32. The summed E-state index contributed by atoms with van der Waals surface area (Å²) in [7, 11) is 1.66. The second kappa shape index (κ2) is 11.2. The molecule has 212 valence electrons. The van der Waals surface area contributed by atoms with Gasteiger partial charge in [-0.05, 0) is 69.1 Å². The van der Waals surface area contributed by atoms with Gasteiger partial charge in [-0.1, -0.05) is 103 Å². The number of hydrogen-bond donors (Lipinski definition) is 2. The smallest absolute Gasteiger partial charge is 0.139 e. The first-order chi connectivity index (χ1) is 21.2. The minimum Gasteiger partial charge on any atom is -0.684 e. The van der Waals surface area contributed by atoms with E-state index in [0.29, 0.717) is 11.3 Å². The molecule has 4 nitrogen and oxygen atoms in total. The molecule has 0 bridgehead atoms. The molecular formula is C39H27N2O2W-. The first-order valence-corrected chi connectivity index (χ1v) is 14.3. The van der Waals surface area contributed by atoms with E-state index in [1.54, 1.807) is 13.1 Å². The van der Waals surface area contributed by atoms with E-state index in [0.717, 1.165) is 16.4 Å². The molecule has 0 radical (unpaired) electrons. The molecule has 0 atom stereocenters. The van der Waals surface area contributed by atoms with Crippen molar-refractivity contribution < 1.29 is 30.6 Å². The van der Waals surface area contributed by atoms with E-state index in [1.165, 1.54) is 54.5 Å². The van der Waals surface area contributed by atoms with E-state index >= 15 is 0 Å². The molecule has 2 N–H and O–H groups in total. The molecule has 5 heteroatoms. The predicted molar refractivity (Wildman–Crippen MR) is 181 cm³/mol. The van der Waals surface area contributed by atoms with Gasteiger partial charge in [0.1, 0.15) is 16.9 Å². The Hall–Kier alpha value is -5.05. The molecule has 2 heterocycles. The third kappa shape index (κ3) is 4.51. The summed E-state index contributed by atoms with van der Waals surface area (Å²) in [6.45, 7) is 0. The van der Waals surface area contributed by atoms with Gasteiger partial charge in [0, 0.05) is 48.3 Å². The standard InChI is InChI=1S/C26H17N.C13H10NO2.W/c1-2-8-19-17(7-1)15-23(21-10-4-3-9-20(19)21)18-13-14-26-24(16-18)22-11-5-6-12-25(22)27-26;1-14-9-6-7-11-12(13(9)15)8-4-2-3-5-10(8)16-11;/h1-16,27H;2-7,15H,1H3;/q;-1;. The maximum absolute atomic E-state index is 10.1. The zero-order chi connectivity index (χ0) is 28.9. The van der Waals surface area contributed by atoms with Gasteiger partial charge >= 0.3 is 0 Å². The van der Waals surface area contributed by atoms with E-state index < -0.39 is 0 Å². The molecule has 0 fully saturated rings. The number of para-hydroxylation sites is 2. The zero-order valence-electron chi connectivity index (χ0n) is 23.9. The van der Waals surface area contributed by atoms with Crippen LogP contribution >= 0.6 is 0 Å². The van der Waals surface area contributed by atoms with Gasteiger partial charge in [0.25, 0.3) is 0 Å². The summed E-state index contributed by atoms with van der Waals surface area (Å²) >= 11 is 0. The van der Waals surface area contributed by atoms with Crippen molar-refractivity contribution in [3.05, 3.63) is 139 Å². The SMILES string of the molecule is C[N-]c1ccc2oc3ccccc3c2c1O.[W].c1ccc2c(c1)cc(-c1ccc3[nH]c4ccccc4c3c1)c1ccccc12. The summed E-state index contributed by atoms with van der Waals surface area (Å²) < 4.78 is 5.63. The van der Waals surface area contributed by atoms with Crippen LogP contribution in [0.15, 0.2) is 138 Å². The summed E-state index contributed by atoms with van der Waals surface area (Å²) in [5.41, 5.74) is 6.97. The first kappa shape index (κ1) is 27.8. The summed E-state index contributed by atoms with van der Waals surface area (Å²) in [5.74, 6) is 0.185. The number of fused-ring (bicyclic) bond motifs is 9. The van der Waals surface area contributed by atoms with Crippen molar-refractivity contribution in [1.29, 1.82) is 0 Å². The third-order valence-corrected chi connectivity index (χ3v) is 8.32. The summed E-state index contributed by atoms with van der Waals surface area (Å²) in [5, 5.41) is 23.5. The van der Waals surface area contributed by atoms with Crippen LogP contribution in [0.3, 0.4) is 0 Å². The summed E-state index contributed by atoms with van der Waals surface area (Å²) in [6.07, 6.45) is 0. The normalized spacial score (nSPS) is 11.2. The maximum Gasteiger partial charge on any atom is 0.139 e. The Labute approximate surface area is 268 Å². The van der Waals surface area contributed by atoms with E-state index in [4.69, 9.17) is 4.42 Å². The average molecular weight is 739 g/mol. The van der Waals surface area contributed by atoms with Crippen LogP contribution in [0.5, 0.6) is 5.75 Å². The molecule has 0 spiro atoms. The van der Waals surface area contributed by atoms with Gasteiger partial charge in [-0.3, -0.25) is 0 Å². The van der Waals surface area contributed by atoms with Crippen molar-refractivity contribution in [2.24, 2.45) is 0 Å². The van der Waals surface area contributed by atoms with Crippen LogP contribution in [0.25, 0.3) is 81.7 Å². The Bertz CT molecular complexity index is 2470. The number of H-pyrrole nitrogens is 1. The second-order valence-electron chi connectivity index (χ2n) is 10.8. The number of phenols is 1. The number of aromatic nitrogens is 1. The van der Waals surface area contributed by atoms with E-state index in [1.807, 2.05) is 30.3 Å². The number of aromatic amines is 1. The van der Waals surface area contributed by atoms with E-state index in [9.17, 15) is 5.11 Å². The van der Waals surface area contributed by atoms with Crippen molar-refractivity contribution >= 4 is 71.0 Å².